The number of halogens is 1. The minimum absolute atomic E-state index is 0.432. The van der Waals surface area contributed by atoms with Gasteiger partial charge in [0.15, 0.2) is 0 Å². The van der Waals surface area contributed by atoms with Crippen molar-refractivity contribution in [1.29, 1.82) is 0 Å². The first-order valence-electron chi connectivity index (χ1n) is 5.14. The normalized spacial score (nSPS) is 13.3. The second kappa shape index (κ2) is 4.25. The van der Waals surface area contributed by atoms with Crippen LogP contribution in [-0.2, 0) is 6.42 Å². The minimum Gasteiger partial charge on any atom is -0.345 e. The predicted octanol–water partition coefficient (Wildman–Crippen LogP) is 2.97. The van der Waals surface area contributed by atoms with Crippen LogP contribution in [0.3, 0.4) is 0 Å². The van der Waals surface area contributed by atoms with Crippen molar-refractivity contribution in [3.05, 3.63) is 35.0 Å². The highest BCUT2D eigenvalue weighted by Crippen LogP contribution is 2.26. The molecule has 1 aromatic carbocycles. The van der Waals surface area contributed by atoms with Crippen molar-refractivity contribution < 1.29 is 0 Å². The van der Waals surface area contributed by atoms with E-state index in [1.54, 1.807) is 0 Å². The van der Waals surface area contributed by atoms with Crippen molar-refractivity contribution in [2.75, 3.05) is 7.05 Å². The number of fused-ring (bicyclic) bond motifs is 1. The van der Waals surface area contributed by atoms with Gasteiger partial charge in [0, 0.05) is 16.9 Å². The highest BCUT2D eigenvalue weighted by Gasteiger charge is 2.11. The molecule has 15 heavy (non-hydrogen) atoms. The Kier molecular flexibility index (Phi) is 2.98. The van der Waals surface area contributed by atoms with E-state index < -0.39 is 0 Å². The molecule has 2 nitrogen and oxygen atoms in total. The van der Waals surface area contributed by atoms with Crippen molar-refractivity contribution in [3.8, 4) is 0 Å². The number of rotatable bonds is 3. The van der Waals surface area contributed by atoms with Gasteiger partial charge in [0.2, 0.25) is 0 Å². The van der Waals surface area contributed by atoms with Gasteiger partial charge in [-0.25, -0.2) is 0 Å². The Morgan fingerprint density at radius 1 is 1.40 bits per heavy atom. The van der Waals surface area contributed by atoms with Gasteiger partial charge in [0.1, 0.15) is 5.15 Å². The third-order valence-corrected chi connectivity index (χ3v) is 3.09. The number of para-hydroxylation sites is 1. The maximum absolute atomic E-state index is 6.19. The number of H-pyrrole nitrogens is 1. The van der Waals surface area contributed by atoms with Crippen LogP contribution in [0.1, 0.15) is 12.5 Å². The van der Waals surface area contributed by atoms with Crippen LogP contribution in [0.4, 0.5) is 0 Å². The van der Waals surface area contributed by atoms with Gasteiger partial charge >= 0.3 is 0 Å². The highest BCUT2D eigenvalue weighted by molar-refractivity contribution is 6.31. The molecule has 0 spiro atoms. The lowest BCUT2D eigenvalue weighted by Crippen LogP contribution is -2.23. The van der Waals surface area contributed by atoms with E-state index in [4.69, 9.17) is 11.6 Å². The molecule has 2 N–H and O–H groups in total. The zero-order valence-corrected chi connectivity index (χ0v) is 9.73. The fourth-order valence-electron chi connectivity index (χ4n) is 1.77. The number of hydrogen-bond donors (Lipinski definition) is 2. The lowest BCUT2D eigenvalue weighted by Gasteiger charge is -2.09. The zero-order chi connectivity index (χ0) is 10.8. The first-order chi connectivity index (χ1) is 7.22. The maximum Gasteiger partial charge on any atom is 0.110 e. The second-order valence-corrected chi connectivity index (χ2v) is 4.23. The number of nitrogens with one attached hydrogen (secondary N) is 2. The number of aromatic amines is 1. The van der Waals surface area contributed by atoms with Crippen LogP contribution in [0.5, 0.6) is 0 Å². The quantitative estimate of drug-likeness (QED) is 0.821. The van der Waals surface area contributed by atoms with Crippen LogP contribution in [-0.4, -0.2) is 18.1 Å². The number of benzene rings is 1. The summed E-state index contributed by atoms with van der Waals surface area (Å²) >= 11 is 6.19. The molecule has 0 bridgehead atoms. The SMILES string of the molecule is CN[C@@H](C)Cc1c(Cl)[nH]c2ccccc12. The maximum atomic E-state index is 6.19. The molecule has 0 unspecified atom stereocenters. The summed E-state index contributed by atoms with van der Waals surface area (Å²) in [5.74, 6) is 0. The second-order valence-electron chi connectivity index (χ2n) is 3.86. The summed E-state index contributed by atoms with van der Waals surface area (Å²) in [5.41, 5.74) is 2.31. The van der Waals surface area contributed by atoms with Crippen LogP contribution in [0.15, 0.2) is 24.3 Å². The Hall–Kier alpha value is -0.990. The molecule has 0 saturated heterocycles. The molecule has 0 fully saturated rings. The highest BCUT2D eigenvalue weighted by atomic mass is 35.5. The van der Waals surface area contributed by atoms with E-state index in [0.717, 1.165) is 17.1 Å². The average molecular weight is 223 g/mol. The molecule has 0 amide bonds. The van der Waals surface area contributed by atoms with Crippen molar-refractivity contribution in [2.45, 2.75) is 19.4 Å². The standard InChI is InChI=1S/C12H15ClN2/c1-8(14-2)7-10-9-5-3-4-6-11(9)15-12(10)13/h3-6,8,14-15H,7H2,1-2H3/t8-/m0/s1. The van der Waals surface area contributed by atoms with Crippen LogP contribution in [0, 0.1) is 0 Å². The predicted molar refractivity (Wildman–Crippen MR) is 65.5 cm³/mol. The summed E-state index contributed by atoms with van der Waals surface area (Å²) in [6.45, 7) is 2.15. The molecule has 3 heteroatoms. The van der Waals surface area contributed by atoms with Crippen LogP contribution in [0.25, 0.3) is 10.9 Å². The number of likely N-dealkylation sites (N-methyl/N-ethyl adjacent to an activating group) is 1. The van der Waals surface area contributed by atoms with E-state index in [1.807, 2.05) is 19.2 Å². The fraction of sp³-hybridized carbons (Fsp3) is 0.333. The molecule has 1 aromatic heterocycles. The lowest BCUT2D eigenvalue weighted by atomic mass is 10.1. The molecule has 1 heterocycles. The third kappa shape index (κ3) is 2.01. The first kappa shape index (κ1) is 10.5. The molecule has 2 aromatic rings. The Labute approximate surface area is 94.6 Å². The van der Waals surface area contributed by atoms with E-state index in [9.17, 15) is 0 Å². The molecule has 1 atom stereocenters. The van der Waals surface area contributed by atoms with Gasteiger partial charge in [-0.2, -0.15) is 0 Å². The number of hydrogen-bond acceptors (Lipinski definition) is 1. The van der Waals surface area contributed by atoms with Crippen molar-refractivity contribution in [2.24, 2.45) is 0 Å². The minimum atomic E-state index is 0.432. The third-order valence-electron chi connectivity index (χ3n) is 2.76. The van der Waals surface area contributed by atoms with E-state index in [0.29, 0.717) is 6.04 Å². The molecular formula is C12H15ClN2. The van der Waals surface area contributed by atoms with Gasteiger partial charge in [-0.3, -0.25) is 0 Å². The van der Waals surface area contributed by atoms with Crippen molar-refractivity contribution in [1.82, 2.24) is 10.3 Å². The van der Waals surface area contributed by atoms with Crippen molar-refractivity contribution >= 4 is 22.5 Å². The van der Waals surface area contributed by atoms with Crippen LogP contribution in [0.2, 0.25) is 5.15 Å². The molecule has 0 aliphatic heterocycles. The van der Waals surface area contributed by atoms with Gasteiger partial charge in [0.05, 0.1) is 0 Å². The van der Waals surface area contributed by atoms with Crippen molar-refractivity contribution in [3.63, 3.8) is 0 Å². The van der Waals surface area contributed by atoms with E-state index in [2.05, 4.69) is 29.4 Å². The summed E-state index contributed by atoms with van der Waals surface area (Å²) < 4.78 is 0. The van der Waals surface area contributed by atoms with E-state index in [-0.39, 0.29) is 0 Å². The zero-order valence-electron chi connectivity index (χ0n) is 8.97. The Balaban J connectivity index is 2.45. The monoisotopic (exact) mass is 222 g/mol. The van der Waals surface area contributed by atoms with Gasteiger partial charge in [-0.1, -0.05) is 29.8 Å². The molecule has 0 radical (unpaired) electrons. The molecule has 0 saturated carbocycles. The topological polar surface area (TPSA) is 27.8 Å². The fourth-order valence-corrected chi connectivity index (χ4v) is 2.06. The molecular weight excluding hydrogens is 208 g/mol. The Bertz CT molecular complexity index is 462. The van der Waals surface area contributed by atoms with E-state index in [1.165, 1.54) is 10.9 Å². The number of aromatic nitrogens is 1. The summed E-state index contributed by atoms with van der Waals surface area (Å²) in [6, 6.07) is 8.65. The molecule has 0 aliphatic rings. The molecule has 80 valence electrons. The first-order valence-corrected chi connectivity index (χ1v) is 5.52. The van der Waals surface area contributed by atoms with Gasteiger partial charge < -0.3 is 10.3 Å². The largest absolute Gasteiger partial charge is 0.345 e. The van der Waals surface area contributed by atoms with Crippen LogP contribution >= 0.6 is 11.6 Å². The lowest BCUT2D eigenvalue weighted by molar-refractivity contribution is 0.610. The molecule has 0 aliphatic carbocycles. The summed E-state index contributed by atoms with van der Waals surface area (Å²) in [6.07, 6.45) is 0.944. The van der Waals surface area contributed by atoms with Gasteiger partial charge in [-0.15, -0.1) is 0 Å². The van der Waals surface area contributed by atoms with Crippen LogP contribution < -0.4 is 5.32 Å². The summed E-state index contributed by atoms with van der Waals surface area (Å²) in [4.78, 5) is 3.19. The Morgan fingerprint density at radius 3 is 2.87 bits per heavy atom. The smallest absolute Gasteiger partial charge is 0.110 e. The average Bonchev–Trinajstić information content (AvgIpc) is 2.55. The van der Waals surface area contributed by atoms with E-state index >= 15 is 0 Å². The summed E-state index contributed by atoms with van der Waals surface area (Å²) in [5, 5.41) is 5.21. The van der Waals surface area contributed by atoms with Gasteiger partial charge in [-0.05, 0) is 32.0 Å². The summed E-state index contributed by atoms with van der Waals surface area (Å²) in [7, 11) is 1.97. The Morgan fingerprint density at radius 2 is 2.13 bits per heavy atom. The van der Waals surface area contributed by atoms with Gasteiger partial charge in [0.25, 0.3) is 0 Å². The molecule has 2 rings (SSSR count).